The molecule has 0 aromatic heterocycles. The second-order valence-corrected chi connectivity index (χ2v) is 3.26. The van der Waals surface area contributed by atoms with Crippen molar-refractivity contribution in [3.8, 4) is 6.07 Å². The third-order valence-corrected chi connectivity index (χ3v) is 2.15. The summed E-state index contributed by atoms with van der Waals surface area (Å²) >= 11 is 0. The van der Waals surface area contributed by atoms with E-state index in [2.05, 4.69) is 11.9 Å². The lowest BCUT2D eigenvalue weighted by Crippen LogP contribution is -2.19. The van der Waals surface area contributed by atoms with Gasteiger partial charge < -0.3 is 5.32 Å². The van der Waals surface area contributed by atoms with Crippen LogP contribution in [0.4, 0.5) is 4.39 Å². The first kappa shape index (κ1) is 10.5. The molecule has 74 valence electrons. The molecular formula is C11H13FN2. The summed E-state index contributed by atoms with van der Waals surface area (Å²) in [5.74, 6) is -0.309. The summed E-state index contributed by atoms with van der Waals surface area (Å²) in [6.45, 7) is 7.29. The summed E-state index contributed by atoms with van der Waals surface area (Å²) in [6, 6.07) is 1.98. The van der Waals surface area contributed by atoms with Crippen LogP contribution in [0.2, 0.25) is 0 Å². The number of nitriles is 1. The molecule has 0 saturated heterocycles. The molecule has 0 radical (unpaired) electrons. The molecule has 0 unspecified atom stereocenters. The van der Waals surface area contributed by atoms with Crippen molar-refractivity contribution in [2.45, 2.75) is 26.7 Å². The van der Waals surface area contributed by atoms with E-state index < -0.39 is 0 Å². The van der Waals surface area contributed by atoms with Crippen molar-refractivity contribution in [2.75, 3.05) is 0 Å². The van der Waals surface area contributed by atoms with E-state index in [1.807, 2.05) is 13.0 Å². The van der Waals surface area contributed by atoms with Gasteiger partial charge in [0, 0.05) is 17.0 Å². The van der Waals surface area contributed by atoms with Gasteiger partial charge >= 0.3 is 0 Å². The Morgan fingerprint density at radius 1 is 1.57 bits per heavy atom. The molecule has 0 amide bonds. The standard InChI is InChI=1S/C11H13FN2/c1-4-5-9-10(6-13)7(2)14-8(3)11(9)12/h14H,2,4-5H2,1,3H3. The zero-order chi connectivity index (χ0) is 10.7. The van der Waals surface area contributed by atoms with E-state index in [1.165, 1.54) is 0 Å². The summed E-state index contributed by atoms with van der Waals surface area (Å²) in [6.07, 6.45) is 1.39. The van der Waals surface area contributed by atoms with Crippen LogP contribution in [0.15, 0.2) is 34.9 Å². The first-order valence-corrected chi connectivity index (χ1v) is 4.58. The van der Waals surface area contributed by atoms with Gasteiger partial charge in [0.15, 0.2) is 0 Å². The molecule has 2 nitrogen and oxygen atoms in total. The Hall–Kier alpha value is -1.56. The van der Waals surface area contributed by atoms with Crippen molar-refractivity contribution in [3.63, 3.8) is 0 Å². The summed E-state index contributed by atoms with van der Waals surface area (Å²) < 4.78 is 13.6. The van der Waals surface area contributed by atoms with E-state index in [9.17, 15) is 4.39 Å². The maximum Gasteiger partial charge on any atom is 0.146 e. The van der Waals surface area contributed by atoms with Crippen LogP contribution >= 0.6 is 0 Å². The molecule has 0 fully saturated rings. The molecule has 1 N–H and O–H groups in total. The summed E-state index contributed by atoms with van der Waals surface area (Å²) in [5.41, 5.74) is 1.76. The molecule has 0 aliphatic carbocycles. The third-order valence-electron chi connectivity index (χ3n) is 2.15. The maximum absolute atomic E-state index is 13.6. The highest BCUT2D eigenvalue weighted by Gasteiger charge is 2.21. The van der Waals surface area contributed by atoms with Gasteiger partial charge in [-0.15, -0.1) is 0 Å². The molecule has 0 atom stereocenters. The van der Waals surface area contributed by atoms with Crippen LogP contribution in [-0.4, -0.2) is 0 Å². The van der Waals surface area contributed by atoms with Crippen molar-refractivity contribution in [1.82, 2.24) is 5.32 Å². The van der Waals surface area contributed by atoms with Crippen molar-refractivity contribution in [1.29, 1.82) is 5.26 Å². The fourth-order valence-electron chi connectivity index (χ4n) is 1.48. The fourth-order valence-corrected chi connectivity index (χ4v) is 1.48. The SMILES string of the molecule is C=C1NC(C)=C(F)C(CCC)=C1C#N. The van der Waals surface area contributed by atoms with Crippen LogP contribution < -0.4 is 5.32 Å². The molecule has 0 aromatic rings. The molecule has 0 spiro atoms. The monoisotopic (exact) mass is 192 g/mol. The molecule has 0 bridgehead atoms. The van der Waals surface area contributed by atoms with Crippen molar-refractivity contribution < 1.29 is 4.39 Å². The van der Waals surface area contributed by atoms with Crippen LogP contribution in [-0.2, 0) is 0 Å². The van der Waals surface area contributed by atoms with Crippen LogP contribution in [0.25, 0.3) is 0 Å². The number of hydrogen-bond donors (Lipinski definition) is 1. The van der Waals surface area contributed by atoms with Gasteiger partial charge in [0.05, 0.1) is 5.57 Å². The summed E-state index contributed by atoms with van der Waals surface area (Å²) in [5, 5.41) is 11.6. The van der Waals surface area contributed by atoms with Crippen LogP contribution in [0.1, 0.15) is 26.7 Å². The quantitative estimate of drug-likeness (QED) is 0.730. The number of hydrogen-bond acceptors (Lipinski definition) is 2. The zero-order valence-electron chi connectivity index (χ0n) is 8.45. The van der Waals surface area contributed by atoms with Gasteiger partial charge in [0.2, 0.25) is 0 Å². The summed E-state index contributed by atoms with van der Waals surface area (Å²) in [7, 11) is 0. The molecule has 3 heteroatoms. The molecule has 0 aromatic carbocycles. The van der Waals surface area contributed by atoms with E-state index in [4.69, 9.17) is 5.26 Å². The smallest absolute Gasteiger partial charge is 0.146 e. The van der Waals surface area contributed by atoms with Crippen molar-refractivity contribution in [3.05, 3.63) is 34.9 Å². The van der Waals surface area contributed by atoms with E-state index in [0.29, 0.717) is 29.0 Å². The summed E-state index contributed by atoms with van der Waals surface area (Å²) in [4.78, 5) is 0. The Labute approximate surface area is 83.4 Å². The van der Waals surface area contributed by atoms with Gasteiger partial charge in [-0.3, -0.25) is 0 Å². The Balaban J connectivity index is 3.23. The lowest BCUT2D eigenvalue weighted by Gasteiger charge is -2.20. The largest absolute Gasteiger partial charge is 0.356 e. The minimum atomic E-state index is -0.309. The Morgan fingerprint density at radius 3 is 2.71 bits per heavy atom. The molecule has 0 saturated carbocycles. The van der Waals surface area contributed by atoms with Gasteiger partial charge in [-0.2, -0.15) is 5.26 Å². The number of halogens is 1. The second kappa shape index (κ2) is 4.10. The Kier molecular flexibility index (Phi) is 3.08. The Morgan fingerprint density at radius 2 is 2.21 bits per heavy atom. The highest BCUT2D eigenvalue weighted by Crippen LogP contribution is 2.30. The minimum Gasteiger partial charge on any atom is -0.356 e. The average Bonchev–Trinajstić information content (AvgIpc) is 2.14. The highest BCUT2D eigenvalue weighted by molar-refractivity contribution is 5.54. The van der Waals surface area contributed by atoms with E-state index in [1.54, 1.807) is 6.92 Å². The minimum absolute atomic E-state index is 0.309. The van der Waals surface area contributed by atoms with E-state index in [0.717, 1.165) is 6.42 Å². The zero-order valence-corrected chi connectivity index (χ0v) is 8.45. The molecule has 1 rings (SSSR count). The number of nitrogens with zero attached hydrogens (tertiary/aromatic N) is 1. The third kappa shape index (κ3) is 1.69. The molecule has 1 heterocycles. The fraction of sp³-hybridized carbons (Fsp3) is 0.364. The highest BCUT2D eigenvalue weighted by atomic mass is 19.1. The van der Waals surface area contributed by atoms with Gasteiger partial charge in [-0.1, -0.05) is 19.9 Å². The van der Waals surface area contributed by atoms with Gasteiger partial charge in [0.25, 0.3) is 0 Å². The number of rotatable bonds is 2. The van der Waals surface area contributed by atoms with Crippen molar-refractivity contribution in [2.24, 2.45) is 0 Å². The normalized spacial score (nSPS) is 16.9. The Bertz CT molecular complexity index is 369. The predicted molar refractivity (Wildman–Crippen MR) is 53.6 cm³/mol. The van der Waals surface area contributed by atoms with E-state index in [-0.39, 0.29) is 5.83 Å². The number of allylic oxidation sites excluding steroid dienone is 4. The average molecular weight is 192 g/mol. The van der Waals surface area contributed by atoms with Gasteiger partial charge in [0.1, 0.15) is 11.9 Å². The number of dihydropyridines is 1. The maximum atomic E-state index is 13.6. The van der Waals surface area contributed by atoms with E-state index >= 15 is 0 Å². The van der Waals surface area contributed by atoms with Gasteiger partial charge in [-0.05, 0) is 13.3 Å². The van der Waals surface area contributed by atoms with Crippen LogP contribution in [0, 0.1) is 11.3 Å². The predicted octanol–water partition coefficient (Wildman–Crippen LogP) is 2.92. The van der Waals surface area contributed by atoms with Crippen molar-refractivity contribution >= 4 is 0 Å². The lowest BCUT2D eigenvalue weighted by molar-refractivity contribution is 0.602. The molecular weight excluding hydrogens is 179 g/mol. The number of nitrogens with one attached hydrogen (secondary N) is 1. The molecule has 1 aliphatic heterocycles. The molecule has 14 heavy (non-hydrogen) atoms. The first-order valence-electron chi connectivity index (χ1n) is 4.58. The van der Waals surface area contributed by atoms with Gasteiger partial charge in [-0.25, -0.2) is 4.39 Å². The van der Waals surface area contributed by atoms with Crippen LogP contribution in [0.3, 0.4) is 0 Å². The topological polar surface area (TPSA) is 35.8 Å². The lowest BCUT2D eigenvalue weighted by atomic mass is 9.97. The first-order chi connectivity index (χ1) is 6.61. The molecule has 1 aliphatic rings. The second-order valence-electron chi connectivity index (χ2n) is 3.26. The van der Waals surface area contributed by atoms with Crippen LogP contribution in [0.5, 0.6) is 0 Å².